The van der Waals surface area contributed by atoms with Gasteiger partial charge in [0, 0.05) is 6.54 Å². The Kier molecular flexibility index (Phi) is 19.0. The summed E-state index contributed by atoms with van der Waals surface area (Å²) in [5.74, 6) is 0. The molecule has 0 aromatic heterocycles. The molecule has 0 atom stereocenters. The van der Waals surface area contributed by atoms with E-state index in [4.69, 9.17) is 0 Å². The van der Waals surface area contributed by atoms with Gasteiger partial charge in [-0.15, -0.1) is 0 Å². The lowest BCUT2D eigenvalue weighted by Crippen LogP contribution is -3.00. The number of urea groups is 1. The standard InChI is InChI=1S/C19H41N3O.BrH/c1-5-7-8-9-10-11-12-13-14-15-17-22(3,4)18-16-21-19(23)20-6-2;/h5-18H2,1-4H3,(H-,20,21,23);1H. The lowest BCUT2D eigenvalue weighted by Gasteiger charge is -2.30. The second kappa shape index (κ2) is 17.5. The highest BCUT2D eigenvalue weighted by atomic mass is 79.9. The number of nitrogens with one attached hydrogen (secondary N) is 2. The first-order valence-electron chi connectivity index (χ1n) is 9.85. The summed E-state index contributed by atoms with van der Waals surface area (Å²) in [5, 5.41) is 5.68. The number of hydrogen-bond donors (Lipinski definition) is 2. The smallest absolute Gasteiger partial charge is 0.314 e. The Hall–Kier alpha value is -0.290. The maximum absolute atomic E-state index is 11.3. The SMILES string of the molecule is CCCCCCCCCCCC[N+](C)(C)CCNC(=O)NCC.[Br-]. The molecule has 0 unspecified atom stereocenters. The van der Waals surface area contributed by atoms with Crippen molar-refractivity contribution in [2.75, 3.05) is 40.3 Å². The first kappa shape index (κ1) is 25.9. The van der Waals surface area contributed by atoms with Crippen LogP contribution in [0.25, 0.3) is 0 Å². The van der Waals surface area contributed by atoms with E-state index in [2.05, 4.69) is 31.7 Å². The molecule has 0 saturated heterocycles. The average Bonchev–Trinajstić information content (AvgIpc) is 2.49. The van der Waals surface area contributed by atoms with E-state index in [1.54, 1.807) is 0 Å². The van der Waals surface area contributed by atoms with Crippen molar-refractivity contribution in [3.05, 3.63) is 0 Å². The fourth-order valence-corrected chi connectivity index (χ4v) is 2.83. The third-order valence-corrected chi connectivity index (χ3v) is 4.46. The molecule has 24 heavy (non-hydrogen) atoms. The molecule has 0 rings (SSSR count). The van der Waals surface area contributed by atoms with Crippen LogP contribution in [0.2, 0.25) is 0 Å². The van der Waals surface area contributed by atoms with Gasteiger partial charge in [-0.25, -0.2) is 4.79 Å². The molecule has 0 bridgehead atoms. The molecule has 0 saturated carbocycles. The Bertz CT molecular complexity index is 286. The van der Waals surface area contributed by atoms with Gasteiger partial charge in [-0.1, -0.05) is 58.3 Å². The molecule has 0 spiro atoms. The topological polar surface area (TPSA) is 41.1 Å². The van der Waals surface area contributed by atoms with Gasteiger partial charge in [0.1, 0.15) is 0 Å². The second-order valence-electron chi connectivity index (χ2n) is 7.35. The van der Waals surface area contributed by atoms with E-state index in [0.717, 1.165) is 17.6 Å². The Balaban J connectivity index is 0. The minimum atomic E-state index is -0.0496. The number of amides is 2. The molecule has 2 N–H and O–H groups in total. The van der Waals surface area contributed by atoms with Crippen molar-refractivity contribution in [2.24, 2.45) is 0 Å². The quantitative estimate of drug-likeness (QED) is 0.311. The monoisotopic (exact) mass is 407 g/mol. The van der Waals surface area contributed by atoms with Gasteiger partial charge in [-0.05, 0) is 19.8 Å². The van der Waals surface area contributed by atoms with E-state index in [-0.39, 0.29) is 23.0 Å². The lowest BCUT2D eigenvalue weighted by atomic mass is 10.1. The summed E-state index contributed by atoms with van der Waals surface area (Å²) in [7, 11) is 4.51. The van der Waals surface area contributed by atoms with E-state index in [1.807, 2.05) is 6.92 Å². The fourth-order valence-electron chi connectivity index (χ4n) is 2.83. The Morgan fingerprint density at radius 1 is 0.750 bits per heavy atom. The zero-order chi connectivity index (χ0) is 17.4. The molecule has 0 aliphatic carbocycles. The van der Waals surface area contributed by atoms with Crippen LogP contribution in [0.4, 0.5) is 4.79 Å². The average molecular weight is 408 g/mol. The summed E-state index contributed by atoms with van der Waals surface area (Å²) in [5.41, 5.74) is 0. The summed E-state index contributed by atoms with van der Waals surface area (Å²) in [6, 6.07) is -0.0496. The third kappa shape index (κ3) is 18.1. The molecule has 0 heterocycles. The van der Waals surface area contributed by atoms with Gasteiger partial charge >= 0.3 is 6.03 Å². The van der Waals surface area contributed by atoms with Crippen LogP contribution in [-0.4, -0.2) is 50.8 Å². The van der Waals surface area contributed by atoms with Crippen LogP contribution in [0, 0.1) is 0 Å². The van der Waals surface area contributed by atoms with E-state index in [9.17, 15) is 4.79 Å². The molecule has 5 heteroatoms. The van der Waals surface area contributed by atoms with Crippen molar-refractivity contribution in [3.63, 3.8) is 0 Å². The minimum absolute atomic E-state index is 0. The van der Waals surface area contributed by atoms with Gasteiger partial charge in [0.05, 0.1) is 33.7 Å². The number of likely N-dealkylation sites (N-methyl/N-ethyl adjacent to an activating group) is 1. The predicted molar refractivity (Wildman–Crippen MR) is 101 cm³/mol. The maximum Gasteiger partial charge on any atom is 0.314 e. The molecule has 0 aromatic carbocycles. The summed E-state index contributed by atoms with van der Waals surface area (Å²) < 4.78 is 0.990. The number of carbonyl (C=O) groups is 1. The van der Waals surface area contributed by atoms with Gasteiger partial charge in [-0.2, -0.15) is 0 Å². The molecule has 0 aliphatic rings. The van der Waals surface area contributed by atoms with Crippen molar-refractivity contribution in [3.8, 4) is 0 Å². The summed E-state index contributed by atoms with van der Waals surface area (Å²) in [6.07, 6.45) is 13.9. The van der Waals surface area contributed by atoms with Crippen molar-refractivity contribution in [1.29, 1.82) is 0 Å². The van der Waals surface area contributed by atoms with Gasteiger partial charge in [0.15, 0.2) is 0 Å². The summed E-state index contributed by atoms with van der Waals surface area (Å²) in [4.78, 5) is 11.3. The van der Waals surface area contributed by atoms with Gasteiger partial charge in [0.2, 0.25) is 0 Å². The van der Waals surface area contributed by atoms with Gasteiger partial charge in [0.25, 0.3) is 0 Å². The van der Waals surface area contributed by atoms with Gasteiger partial charge < -0.3 is 32.1 Å². The molecule has 146 valence electrons. The third-order valence-electron chi connectivity index (χ3n) is 4.46. The zero-order valence-electron chi connectivity index (χ0n) is 16.6. The number of hydrogen-bond acceptors (Lipinski definition) is 1. The molecular formula is C19H42BrN3O. The number of quaternary nitrogens is 1. The molecule has 0 radical (unpaired) electrons. The molecule has 0 aliphatic heterocycles. The van der Waals surface area contributed by atoms with Crippen LogP contribution in [0.1, 0.15) is 78.1 Å². The molecule has 2 amide bonds. The first-order chi connectivity index (χ1) is 11.0. The van der Waals surface area contributed by atoms with Crippen LogP contribution in [-0.2, 0) is 0 Å². The Labute approximate surface area is 161 Å². The number of unbranched alkanes of at least 4 members (excludes halogenated alkanes) is 9. The van der Waals surface area contributed by atoms with Crippen molar-refractivity contribution >= 4 is 6.03 Å². The number of carbonyl (C=O) groups excluding carboxylic acids is 1. The zero-order valence-corrected chi connectivity index (χ0v) is 18.2. The molecule has 0 aromatic rings. The normalized spacial score (nSPS) is 11.0. The number of rotatable bonds is 15. The molecular weight excluding hydrogens is 366 g/mol. The minimum Gasteiger partial charge on any atom is -1.00 e. The second-order valence-corrected chi connectivity index (χ2v) is 7.35. The number of nitrogens with zero attached hydrogens (tertiary/aromatic N) is 1. The largest absolute Gasteiger partial charge is 1.00 e. The van der Waals surface area contributed by atoms with E-state index in [0.29, 0.717) is 6.54 Å². The summed E-state index contributed by atoms with van der Waals surface area (Å²) in [6.45, 7) is 7.84. The Morgan fingerprint density at radius 3 is 1.75 bits per heavy atom. The van der Waals surface area contributed by atoms with Crippen LogP contribution >= 0.6 is 0 Å². The predicted octanol–water partition coefficient (Wildman–Crippen LogP) is 1.31. The Morgan fingerprint density at radius 2 is 1.25 bits per heavy atom. The van der Waals surface area contributed by atoms with E-state index >= 15 is 0 Å². The fraction of sp³-hybridized carbons (Fsp3) is 0.947. The van der Waals surface area contributed by atoms with Crippen molar-refractivity contribution in [1.82, 2.24) is 10.6 Å². The highest BCUT2D eigenvalue weighted by Gasteiger charge is 2.14. The molecule has 0 fully saturated rings. The van der Waals surface area contributed by atoms with Crippen LogP contribution in [0.15, 0.2) is 0 Å². The highest BCUT2D eigenvalue weighted by molar-refractivity contribution is 5.73. The van der Waals surface area contributed by atoms with Crippen molar-refractivity contribution < 1.29 is 26.3 Å². The summed E-state index contributed by atoms with van der Waals surface area (Å²) >= 11 is 0. The first-order valence-corrected chi connectivity index (χ1v) is 9.85. The van der Waals surface area contributed by atoms with Crippen LogP contribution in [0.3, 0.4) is 0 Å². The van der Waals surface area contributed by atoms with Crippen molar-refractivity contribution in [2.45, 2.75) is 78.1 Å². The molecule has 4 nitrogen and oxygen atoms in total. The van der Waals surface area contributed by atoms with E-state index in [1.165, 1.54) is 70.8 Å². The lowest BCUT2D eigenvalue weighted by molar-refractivity contribution is -0.889. The highest BCUT2D eigenvalue weighted by Crippen LogP contribution is 2.11. The van der Waals surface area contributed by atoms with Crippen LogP contribution in [0.5, 0.6) is 0 Å². The van der Waals surface area contributed by atoms with Gasteiger partial charge in [-0.3, -0.25) is 0 Å². The number of halogens is 1. The maximum atomic E-state index is 11.3. The van der Waals surface area contributed by atoms with Crippen LogP contribution < -0.4 is 27.6 Å². The van der Waals surface area contributed by atoms with E-state index < -0.39 is 0 Å².